The molecule has 8 heteroatoms. The van der Waals surface area contributed by atoms with Gasteiger partial charge in [-0.25, -0.2) is 4.98 Å². The van der Waals surface area contributed by atoms with E-state index in [-0.39, 0.29) is 0 Å². The van der Waals surface area contributed by atoms with Crippen LogP contribution in [0.1, 0.15) is 0 Å². The summed E-state index contributed by atoms with van der Waals surface area (Å²) in [5.74, 6) is -3.16. The fourth-order valence-electron chi connectivity index (χ4n) is 0.652. The van der Waals surface area contributed by atoms with Crippen molar-refractivity contribution in [3.05, 3.63) is 16.6 Å². The van der Waals surface area contributed by atoms with Gasteiger partial charge in [0.15, 0.2) is 11.5 Å². The molecule has 0 bridgehead atoms. The van der Waals surface area contributed by atoms with Crippen LogP contribution in [0.25, 0.3) is 0 Å². The Bertz CT molecular complexity index is 354. The van der Waals surface area contributed by atoms with Crippen LogP contribution in [0, 0.1) is 5.95 Å². The first-order chi connectivity index (χ1) is 6.31. The van der Waals surface area contributed by atoms with Gasteiger partial charge in [-0.3, -0.25) is 0 Å². The van der Waals surface area contributed by atoms with E-state index in [0.717, 1.165) is 0 Å². The molecule has 1 rings (SSSR count). The van der Waals surface area contributed by atoms with Crippen molar-refractivity contribution in [1.29, 1.82) is 0 Å². The average Bonchev–Trinajstić information content (AvgIpc) is 2.04. The van der Waals surface area contributed by atoms with Gasteiger partial charge in [0.25, 0.3) is 0 Å². The molecule has 0 spiro atoms. The maximum atomic E-state index is 12.6. The molecular formula is C6H2BrF4NO2. The number of pyridine rings is 1. The normalized spacial score (nSPS) is 11.5. The van der Waals surface area contributed by atoms with Crippen LogP contribution in [0.15, 0.2) is 10.7 Å². The summed E-state index contributed by atoms with van der Waals surface area (Å²) in [5.41, 5.74) is 0. The predicted octanol–water partition coefficient (Wildman–Crippen LogP) is 2.59. The molecule has 0 aliphatic heterocycles. The Kier molecular flexibility index (Phi) is 2.84. The van der Waals surface area contributed by atoms with Gasteiger partial charge in [0.05, 0.1) is 6.20 Å². The second-order valence-corrected chi connectivity index (χ2v) is 2.92. The SMILES string of the molecule is Oc1cnc(F)c(Br)c1OC(F)(F)F. The Morgan fingerprint density at radius 2 is 2.00 bits per heavy atom. The summed E-state index contributed by atoms with van der Waals surface area (Å²) in [6.07, 6.45) is -4.49. The topological polar surface area (TPSA) is 42.4 Å². The lowest BCUT2D eigenvalue weighted by atomic mass is 10.4. The Labute approximate surface area is 83.5 Å². The number of aromatic nitrogens is 1. The molecule has 0 saturated carbocycles. The third-order valence-corrected chi connectivity index (χ3v) is 1.82. The van der Waals surface area contributed by atoms with Gasteiger partial charge in [-0.2, -0.15) is 4.39 Å². The largest absolute Gasteiger partial charge is 0.573 e. The van der Waals surface area contributed by atoms with E-state index in [0.29, 0.717) is 6.20 Å². The molecule has 1 aromatic heterocycles. The second kappa shape index (κ2) is 3.60. The second-order valence-electron chi connectivity index (χ2n) is 2.13. The lowest BCUT2D eigenvalue weighted by molar-refractivity contribution is -0.275. The fraction of sp³-hybridized carbons (Fsp3) is 0.167. The van der Waals surface area contributed by atoms with E-state index in [1.807, 2.05) is 0 Å². The Morgan fingerprint density at radius 3 is 2.50 bits per heavy atom. The van der Waals surface area contributed by atoms with Gasteiger partial charge in [0.1, 0.15) is 4.47 Å². The summed E-state index contributed by atoms with van der Waals surface area (Å²) < 4.78 is 50.5. The monoisotopic (exact) mass is 275 g/mol. The molecule has 3 nitrogen and oxygen atoms in total. The van der Waals surface area contributed by atoms with Crippen LogP contribution in [-0.2, 0) is 0 Å². The summed E-state index contributed by atoms with van der Waals surface area (Å²) in [7, 11) is 0. The number of alkyl halides is 3. The summed E-state index contributed by atoms with van der Waals surface area (Å²) in [6.45, 7) is 0. The van der Waals surface area contributed by atoms with Crippen LogP contribution >= 0.6 is 15.9 Å². The molecule has 0 amide bonds. The van der Waals surface area contributed by atoms with E-state index in [4.69, 9.17) is 5.11 Å². The van der Waals surface area contributed by atoms with Crippen molar-refractivity contribution in [3.8, 4) is 11.5 Å². The van der Waals surface area contributed by atoms with Crippen LogP contribution < -0.4 is 4.74 Å². The third-order valence-electron chi connectivity index (χ3n) is 1.13. The van der Waals surface area contributed by atoms with Crippen molar-refractivity contribution in [2.24, 2.45) is 0 Å². The van der Waals surface area contributed by atoms with Crippen LogP contribution in [0.3, 0.4) is 0 Å². The number of hydrogen-bond donors (Lipinski definition) is 1. The van der Waals surface area contributed by atoms with Gasteiger partial charge in [-0.05, 0) is 15.9 Å². The smallest absolute Gasteiger partial charge is 0.503 e. The Hall–Kier alpha value is -1.05. The van der Waals surface area contributed by atoms with Crippen molar-refractivity contribution in [2.75, 3.05) is 0 Å². The third kappa shape index (κ3) is 2.47. The fourth-order valence-corrected chi connectivity index (χ4v) is 1.04. The zero-order valence-electron chi connectivity index (χ0n) is 6.27. The molecule has 0 aromatic carbocycles. The number of aromatic hydroxyl groups is 1. The van der Waals surface area contributed by atoms with E-state index < -0.39 is 28.3 Å². The first-order valence-electron chi connectivity index (χ1n) is 3.10. The van der Waals surface area contributed by atoms with Gasteiger partial charge in [-0.15, -0.1) is 13.2 Å². The summed E-state index contributed by atoms with van der Waals surface area (Å²) in [5, 5.41) is 8.89. The molecule has 78 valence electrons. The van der Waals surface area contributed by atoms with Crippen molar-refractivity contribution in [2.45, 2.75) is 6.36 Å². The lowest BCUT2D eigenvalue weighted by Gasteiger charge is -2.11. The molecule has 0 atom stereocenters. The van der Waals surface area contributed by atoms with Crippen molar-refractivity contribution < 1.29 is 27.4 Å². The number of nitrogens with zero attached hydrogens (tertiary/aromatic N) is 1. The van der Waals surface area contributed by atoms with E-state index in [2.05, 4.69) is 25.7 Å². The Morgan fingerprint density at radius 1 is 1.43 bits per heavy atom. The summed E-state index contributed by atoms with van der Waals surface area (Å²) >= 11 is 2.46. The van der Waals surface area contributed by atoms with Crippen molar-refractivity contribution >= 4 is 15.9 Å². The standard InChI is InChI=1S/C6H2BrF4NO2/c7-3-4(14-6(9,10)11)2(13)1-12-5(3)8/h1,13H. The number of rotatable bonds is 1. The van der Waals surface area contributed by atoms with E-state index >= 15 is 0 Å². The molecule has 14 heavy (non-hydrogen) atoms. The minimum Gasteiger partial charge on any atom is -0.503 e. The predicted molar refractivity (Wildman–Crippen MR) is 40.2 cm³/mol. The van der Waals surface area contributed by atoms with Crippen molar-refractivity contribution in [3.63, 3.8) is 0 Å². The van der Waals surface area contributed by atoms with Crippen LogP contribution in [-0.4, -0.2) is 16.5 Å². The van der Waals surface area contributed by atoms with Gasteiger partial charge in [-0.1, -0.05) is 0 Å². The molecule has 0 aliphatic carbocycles. The average molecular weight is 276 g/mol. The molecule has 1 heterocycles. The molecule has 0 unspecified atom stereocenters. The van der Waals surface area contributed by atoms with Gasteiger partial charge in [0.2, 0.25) is 5.95 Å². The van der Waals surface area contributed by atoms with Gasteiger partial charge < -0.3 is 9.84 Å². The maximum absolute atomic E-state index is 12.6. The number of ether oxygens (including phenoxy) is 1. The first kappa shape index (κ1) is 11.0. The number of halogens is 5. The highest BCUT2D eigenvalue weighted by atomic mass is 79.9. The van der Waals surface area contributed by atoms with E-state index in [1.165, 1.54) is 0 Å². The van der Waals surface area contributed by atoms with E-state index in [9.17, 15) is 17.6 Å². The van der Waals surface area contributed by atoms with Crippen LogP contribution in [0.5, 0.6) is 11.5 Å². The van der Waals surface area contributed by atoms with Crippen LogP contribution in [0.2, 0.25) is 0 Å². The molecule has 0 radical (unpaired) electrons. The quantitative estimate of drug-likeness (QED) is 0.633. The highest BCUT2D eigenvalue weighted by Crippen LogP contribution is 2.38. The zero-order valence-corrected chi connectivity index (χ0v) is 7.86. The summed E-state index contributed by atoms with van der Waals surface area (Å²) in [4.78, 5) is 2.96. The van der Waals surface area contributed by atoms with Crippen LogP contribution in [0.4, 0.5) is 17.6 Å². The lowest BCUT2D eigenvalue weighted by Crippen LogP contribution is -2.17. The van der Waals surface area contributed by atoms with Gasteiger partial charge in [0, 0.05) is 0 Å². The molecule has 0 saturated heterocycles. The van der Waals surface area contributed by atoms with Gasteiger partial charge >= 0.3 is 6.36 Å². The highest BCUT2D eigenvalue weighted by molar-refractivity contribution is 9.10. The maximum Gasteiger partial charge on any atom is 0.573 e. The molecular weight excluding hydrogens is 274 g/mol. The summed E-state index contributed by atoms with van der Waals surface area (Å²) in [6, 6.07) is 0. The first-order valence-corrected chi connectivity index (χ1v) is 3.89. The minimum absolute atomic E-state index is 0.515. The molecule has 1 aromatic rings. The van der Waals surface area contributed by atoms with Crippen molar-refractivity contribution in [1.82, 2.24) is 4.98 Å². The minimum atomic E-state index is -5.01. The Balaban J connectivity index is 3.13. The number of hydrogen-bond acceptors (Lipinski definition) is 3. The molecule has 0 fully saturated rings. The highest BCUT2D eigenvalue weighted by Gasteiger charge is 2.34. The zero-order chi connectivity index (χ0) is 10.9. The molecule has 1 N–H and O–H groups in total. The molecule has 0 aliphatic rings. The van der Waals surface area contributed by atoms with E-state index in [1.54, 1.807) is 0 Å².